The molecule has 1 fully saturated rings. The highest BCUT2D eigenvalue weighted by Crippen LogP contribution is 2.22. The first-order valence-corrected chi connectivity index (χ1v) is 5.67. The Morgan fingerprint density at radius 3 is 3.00 bits per heavy atom. The summed E-state index contributed by atoms with van der Waals surface area (Å²) in [6, 6.07) is 3.67. The molecule has 0 aliphatic carbocycles. The van der Waals surface area contributed by atoms with Gasteiger partial charge in [0.1, 0.15) is 11.6 Å². The van der Waals surface area contributed by atoms with E-state index in [2.05, 4.69) is 5.32 Å². The van der Waals surface area contributed by atoms with Crippen molar-refractivity contribution in [1.29, 1.82) is 0 Å². The van der Waals surface area contributed by atoms with E-state index in [-0.39, 0.29) is 6.10 Å². The SMILES string of the molecule is CNCC1CN(c2ccc(F)cc2F)CCO1. The number of benzene rings is 1. The number of hydrogen-bond acceptors (Lipinski definition) is 3. The van der Waals surface area contributed by atoms with Gasteiger partial charge in [0.25, 0.3) is 0 Å². The zero-order valence-corrected chi connectivity index (χ0v) is 9.75. The van der Waals surface area contributed by atoms with Crippen LogP contribution < -0.4 is 10.2 Å². The van der Waals surface area contributed by atoms with E-state index in [4.69, 9.17) is 4.74 Å². The molecule has 0 bridgehead atoms. The lowest BCUT2D eigenvalue weighted by molar-refractivity contribution is 0.0419. The maximum absolute atomic E-state index is 13.6. The fourth-order valence-corrected chi connectivity index (χ4v) is 2.03. The summed E-state index contributed by atoms with van der Waals surface area (Å²) in [6.45, 7) is 2.52. The lowest BCUT2D eigenvalue weighted by Gasteiger charge is -2.34. The molecule has 1 aromatic rings. The van der Waals surface area contributed by atoms with Crippen LogP contribution in [0.3, 0.4) is 0 Å². The van der Waals surface area contributed by atoms with Crippen LogP contribution in [0.5, 0.6) is 0 Å². The summed E-state index contributed by atoms with van der Waals surface area (Å²) in [4.78, 5) is 1.89. The van der Waals surface area contributed by atoms with Gasteiger partial charge >= 0.3 is 0 Å². The third kappa shape index (κ3) is 2.92. The molecule has 5 heteroatoms. The lowest BCUT2D eigenvalue weighted by Crippen LogP contribution is -2.46. The number of morpholine rings is 1. The first-order valence-electron chi connectivity index (χ1n) is 5.67. The van der Waals surface area contributed by atoms with Crippen molar-refractivity contribution >= 4 is 5.69 Å². The number of anilines is 1. The highest BCUT2D eigenvalue weighted by atomic mass is 19.1. The molecule has 94 valence electrons. The third-order valence-electron chi connectivity index (χ3n) is 2.82. The van der Waals surface area contributed by atoms with E-state index in [1.807, 2.05) is 11.9 Å². The number of ether oxygens (including phenoxy) is 1. The Bertz CT molecular complexity index is 385. The van der Waals surface area contributed by atoms with Crippen molar-refractivity contribution in [3.05, 3.63) is 29.8 Å². The van der Waals surface area contributed by atoms with Gasteiger partial charge in [-0.3, -0.25) is 0 Å². The quantitative estimate of drug-likeness (QED) is 0.867. The lowest BCUT2D eigenvalue weighted by atomic mass is 10.2. The molecule has 1 unspecified atom stereocenters. The second-order valence-corrected chi connectivity index (χ2v) is 4.09. The Morgan fingerprint density at radius 1 is 1.47 bits per heavy atom. The minimum absolute atomic E-state index is 0.0400. The number of nitrogens with zero attached hydrogens (tertiary/aromatic N) is 1. The van der Waals surface area contributed by atoms with Gasteiger partial charge in [0.2, 0.25) is 0 Å². The van der Waals surface area contributed by atoms with E-state index in [1.165, 1.54) is 12.1 Å². The van der Waals surface area contributed by atoms with Crippen LogP contribution >= 0.6 is 0 Å². The summed E-state index contributed by atoms with van der Waals surface area (Å²) >= 11 is 0. The molecule has 0 saturated carbocycles. The number of halogens is 2. The second-order valence-electron chi connectivity index (χ2n) is 4.09. The average Bonchev–Trinajstić information content (AvgIpc) is 2.29. The van der Waals surface area contributed by atoms with Crippen molar-refractivity contribution in [3.63, 3.8) is 0 Å². The Kier molecular flexibility index (Phi) is 3.91. The van der Waals surface area contributed by atoms with Crippen molar-refractivity contribution in [3.8, 4) is 0 Å². The smallest absolute Gasteiger partial charge is 0.149 e. The van der Waals surface area contributed by atoms with E-state index >= 15 is 0 Å². The normalized spacial score (nSPS) is 20.6. The van der Waals surface area contributed by atoms with Crippen LogP contribution in [-0.2, 0) is 4.74 Å². The fraction of sp³-hybridized carbons (Fsp3) is 0.500. The molecule has 1 aromatic carbocycles. The zero-order chi connectivity index (χ0) is 12.3. The molecule has 3 nitrogen and oxygen atoms in total. The maximum Gasteiger partial charge on any atom is 0.149 e. The predicted octanol–water partition coefficient (Wildman–Crippen LogP) is 1.39. The van der Waals surface area contributed by atoms with Crippen LogP contribution in [0, 0.1) is 11.6 Å². The molecule has 0 radical (unpaired) electrons. The molecule has 17 heavy (non-hydrogen) atoms. The molecular weight excluding hydrogens is 226 g/mol. The summed E-state index contributed by atoms with van der Waals surface area (Å²) in [5.74, 6) is -1.07. The van der Waals surface area contributed by atoms with Gasteiger partial charge in [-0.25, -0.2) is 8.78 Å². The van der Waals surface area contributed by atoms with Gasteiger partial charge < -0.3 is 15.0 Å². The van der Waals surface area contributed by atoms with Crippen molar-refractivity contribution in [2.45, 2.75) is 6.10 Å². The van der Waals surface area contributed by atoms with Crippen LogP contribution in [-0.4, -0.2) is 39.4 Å². The summed E-state index contributed by atoms with van der Waals surface area (Å²) in [6.07, 6.45) is 0.0400. The van der Waals surface area contributed by atoms with Crippen LogP contribution in [0.1, 0.15) is 0 Å². The minimum Gasteiger partial charge on any atom is -0.373 e. The van der Waals surface area contributed by atoms with Crippen LogP contribution in [0.25, 0.3) is 0 Å². The van der Waals surface area contributed by atoms with E-state index < -0.39 is 11.6 Å². The largest absolute Gasteiger partial charge is 0.373 e. The number of hydrogen-bond donors (Lipinski definition) is 1. The Labute approximate surface area is 99.4 Å². The van der Waals surface area contributed by atoms with E-state index in [1.54, 1.807) is 0 Å². The molecule has 1 aliphatic heterocycles. The topological polar surface area (TPSA) is 24.5 Å². The summed E-state index contributed by atoms with van der Waals surface area (Å²) in [7, 11) is 1.85. The summed E-state index contributed by atoms with van der Waals surface area (Å²) in [5.41, 5.74) is 0.441. The van der Waals surface area contributed by atoms with Gasteiger partial charge in [-0.1, -0.05) is 0 Å². The first-order chi connectivity index (χ1) is 8.20. The van der Waals surface area contributed by atoms with Crippen LogP contribution in [0.2, 0.25) is 0 Å². The van der Waals surface area contributed by atoms with Crippen molar-refractivity contribution < 1.29 is 13.5 Å². The second kappa shape index (κ2) is 5.42. The van der Waals surface area contributed by atoms with Gasteiger partial charge in [-0.05, 0) is 19.2 Å². The molecule has 1 atom stereocenters. The van der Waals surface area contributed by atoms with Gasteiger partial charge in [0.05, 0.1) is 18.4 Å². The minimum atomic E-state index is -0.550. The zero-order valence-electron chi connectivity index (χ0n) is 9.75. The predicted molar refractivity (Wildman–Crippen MR) is 62.2 cm³/mol. The highest BCUT2D eigenvalue weighted by Gasteiger charge is 2.22. The molecule has 1 aliphatic rings. The molecule has 2 rings (SSSR count). The van der Waals surface area contributed by atoms with Gasteiger partial charge in [0.15, 0.2) is 0 Å². The van der Waals surface area contributed by atoms with E-state index in [9.17, 15) is 8.78 Å². The van der Waals surface area contributed by atoms with Gasteiger partial charge in [-0.2, -0.15) is 0 Å². The molecule has 0 aromatic heterocycles. The van der Waals surface area contributed by atoms with Gasteiger partial charge in [0, 0.05) is 25.7 Å². The number of rotatable bonds is 3. The molecule has 1 saturated heterocycles. The summed E-state index contributed by atoms with van der Waals surface area (Å²) in [5, 5.41) is 3.03. The van der Waals surface area contributed by atoms with E-state index in [0.717, 1.165) is 12.6 Å². The van der Waals surface area contributed by atoms with Crippen molar-refractivity contribution in [1.82, 2.24) is 5.32 Å². The average molecular weight is 242 g/mol. The fourth-order valence-electron chi connectivity index (χ4n) is 2.03. The Hall–Kier alpha value is -1.20. The van der Waals surface area contributed by atoms with Crippen LogP contribution in [0.4, 0.5) is 14.5 Å². The Morgan fingerprint density at radius 2 is 2.29 bits per heavy atom. The number of likely N-dealkylation sites (N-methyl/N-ethyl adjacent to an activating group) is 1. The molecule has 1 N–H and O–H groups in total. The standard InChI is InChI=1S/C12H16F2N2O/c1-15-7-10-8-16(4-5-17-10)12-3-2-9(13)6-11(12)14/h2-3,6,10,15H,4-5,7-8H2,1H3. The monoisotopic (exact) mass is 242 g/mol. The Balaban J connectivity index is 2.10. The van der Waals surface area contributed by atoms with E-state index in [0.29, 0.717) is 25.4 Å². The number of nitrogens with one attached hydrogen (secondary N) is 1. The van der Waals surface area contributed by atoms with Crippen LogP contribution in [0.15, 0.2) is 18.2 Å². The van der Waals surface area contributed by atoms with Crippen molar-refractivity contribution in [2.24, 2.45) is 0 Å². The van der Waals surface area contributed by atoms with Crippen molar-refractivity contribution in [2.75, 3.05) is 38.2 Å². The third-order valence-corrected chi connectivity index (χ3v) is 2.82. The first kappa shape index (κ1) is 12.3. The van der Waals surface area contributed by atoms with Gasteiger partial charge in [-0.15, -0.1) is 0 Å². The highest BCUT2D eigenvalue weighted by molar-refractivity contribution is 5.48. The molecular formula is C12H16F2N2O. The molecule has 1 heterocycles. The molecule has 0 amide bonds. The molecule has 0 spiro atoms. The summed E-state index contributed by atoms with van der Waals surface area (Å²) < 4.78 is 32.0. The maximum atomic E-state index is 13.6.